The second-order valence-electron chi connectivity index (χ2n) is 4.38. The summed E-state index contributed by atoms with van der Waals surface area (Å²) < 4.78 is 0. The van der Waals surface area contributed by atoms with Crippen LogP contribution in [-0.2, 0) is 9.59 Å². The molecule has 7 heteroatoms. The van der Waals surface area contributed by atoms with Crippen LogP contribution in [0.1, 0.15) is 6.42 Å². The summed E-state index contributed by atoms with van der Waals surface area (Å²) in [7, 11) is 5.51. The highest BCUT2D eigenvalue weighted by molar-refractivity contribution is 7.80. The number of aliphatic imine (C=N–C) groups is 1. The van der Waals surface area contributed by atoms with Gasteiger partial charge in [0.1, 0.15) is 0 Å². The van der Waals surface area contributed by atoms with Gasteiger partial charge in [0.25, 0.3) is 0 Å². The molecule has 0 spiro atoms. The summed E-state index contributed by atoms with van der Waals surface area (Å²) >= 11 is 4.84. The standard InChI is InChI=1S/C11H18N4O2S/c1-14(2)6-4-5-12-7-8-9(16)13-11(18)15(3)10(8)17/h7-8H,4-6H2,1-3H3,(H,13,16,18)/t8-/m1/s1. The fourth-order valence-corrected chi connectivity index (χ4v) is 1.67. The summed E-state index contributed by atoms with van der Waals surface area (Å²) in [5.41, 5.74) is 0. The van der Waals surface area contributed by atoms with Crippen LogP contribution in [-0.4, -0.2) is 67.2 Å². The van der Waals surface area contributed by atoms with Crippen molar-refractivity contribution in [2.24, 2.45) is 10.9 Å². The first-order valence-electron chi connectivity index (χ1n) is 5.70. The van der Waals surface area contributed by atoms with E-state index in [4.69, 9.17) is 12.2 Å². The van der Waals surface area contributed by atoms with Crippen LogP contribution >= 0.6 is 12.2 Å². The molecule has 1 atom stereocenters. The van der Waals surface area contributed by atoms with Crippen LogP contribution in [0.4, 0.5) is 0 Å². The Morgan fingerprint density at radius 1 is 1.50 bits per heavy atom. The van der Waals surface area contributed by atoms with Crippen LogP contribution < -0.4 is 5.32 Å². The molecule has 1 N–H and O–H groups in total. The Hall–Kier alpha value is -1.34. The van der Waals surface area contributed by atoms with E-state index in [0.29, 0.717) is 6.54 Å². The van der Waals surface area contributed by atoms with Gasteiger partial charge in [0.15, 0.2) is 11.0 Å². The van der Waals surface area contributed by atoms with Crippen LogP contribution in [0.3, 0.4) is 0 Å². The average Bonchev–Trinajstić information content (AvgIpc) is 2.29. The Morgan fingerprint density at radius 3 is 2.78 bits per heavy atom. The van der Waals surface area contributed by atoms with Crippen LogP contribution in [0.25, 0.3) is 0 Å². The van der Waals surface area contributed by atoms with Crippen LogP contribution in [0.2, 0.25) is 0 Å². The van der Waals surface area contributed by atoms with E-state index in [-0.39, 0.29) is 11.0 Å². The Morgan fingerprint density at radius 2 is 2.17 bits per heavy atom. The van der Waals surface area contributed by atoms with E-state index in [0.717, 1.165) is 13.0 Å². The molecule has 100 valence electrons. The first kappa shape index (κ1) is 14.7. The number of nitrogens with one attached hydrogen (secondary N) is 1. The van der Waals surface area contributed by atoms with Crippen molar-refractivity contribution in [3.8, 4) is 0 Å². The van der Waals surface area contributed by atoms with E-state index < -0.39 is 11.8 Å². The molecule has 1 heterocycles. The Kier molecular flexibility index (Phi) is 5.36. The molecule has 1 aliphatic rings. The highest BCUT2D eigenvalue weighted by atomic mass is 32.1. The van der Waals surface area contributed by atoms with E-state index >= 15 is 0 Å². The number of carbonyl (C=O) groups is 2. The van der Waals surface area contributed by atoms with Crippen molar-refractivity contribution < 1.29 is 9.59 Å². The monoisotopic (exact) mass is 270 g/mol. The van der Waals surface area contributed by atoms with E-state index in [1.165, 1.54) is 18.2 Å². The van der Waals surface area contributed by atoms with Gasteiger partial charge in [0, 0.05) is 19.8 Å². The molecule has 0 aromatic rings. The highest BCUT2D eigenvalue weighted by Crippen LogP contribution is 2.06. The maximum atomic E-state index is 11.8. The van der Waals surface area contributed by atoms with Gasteiger partial charge in [0.05, 0.1) is 0 Å². The molecule has 1 rings (SSSR count). The average molecular weight is 270 g/mol. The van der Waals surface area contributed by atoms with Gasteiger partial charge in [-0.1, -0.05) is 0 Å². The maximum Gasteiger partial charge on any atom is 0.246 e. The van der Waals surface area contributed by atoms with Crippen molar-refractivity contribution in [1.29, 1.82) is 0 Å². The Bertz CT molecular complexity index is 381. The van der Waals surface area contributed by atoms with E-state index in [9.17, 15) is 9.59 Å². The molecule has 0 saturated carbocycles. The van der Waals surface area contributed by atoms with Gasteiger partial charge in [-0.3, -0.25) is 19.5 Å². The van der Waals surface area contributed by atoms with E-state index in [1.807, 2.05) is 14.1 Å². The number of amides is 2. The third-order valence-electron chi connectivity index (χ3n) is 2.56. The zero-order valence-corrected chi connectivity index (χ0v) is 11.7. The molecule has 0 bridgehead atoms. The van der Waals surface area contributed by atoms with Gasteiger partial charge in [-0.15, -0.1) is 0 Å². The normalized spacial score (nSPS) is 21.0. The fourth-order valence-electron chi connectivity index (χ4n) is 1.48. The molecular weight excluding hydrogens is 252 g/mol. The van der Waals surface area contributed by atoms with Gasteiger partial charge in [-0.2, -0.15) is 0 Å². The van der Waals surface area contributed by atoms with Gasteiger partial charge in [0.2, 0.25) is 11.8 Å². The molecule has 6 nitrogen and oxygen atoms in total. The zero-order chi connectivity index (χ0) is 13.7. The molecule has 0 aromatic heterocycles. The molecule has 18 heavy (non-hydrogen) atoms. The summed E-state index contributed by atoms with van der Waals surface area (Å²) in [5.74, 6) is -1.60. The van der Waals surface area contributed by atoms with Crippen LogP contribution in [0.15, 0.2) is 4.99 Å². The third kappa shape index (κ3) is 3.85. The first-order chi connectivity index (χ1) is 8.43. The molecular formula is C11H18N4O2S. The minimum absolute atomic E-state index is 0.141. The lowest BCUT2D eigenvalue weighted by Crippen LogP contribution is -2.56. The van der Waals surface area contributed by atoms with E-state index in [1.54, 1.807) is 0 Å². The first-order valence-corrected chi connectivity index (χ1v) is 6.11. The van der Waals surface area contributed by atoms with Crippen molar-refractivity contribution in [2.45, 2.75) is 6.42 Å². The summed E-state index contributed by atoms with van der Waals surface area (Å²) in [5, 5.41) is 2.61. The molecule has 0 unspecified atom stereocenters. The number of rotatable bonds is 5. The second-order valence-corrected chi connectivity index (χ2v) is 4.77. The fraction of sp³-hybridized carbons (Fsp3) is 0.636. The van der Waals surface area contributed by atoms with Crippen molar-refractivity contribution >= 4 is 35.4 Å². The Labute approximate surface area is 112 Å². The largest absolute Gasteiger partial charge is 0.309 e. The van der Waals surface area contributed by atoms with Gasteiger partial charge in [-0.05, 0) is 39.3 Å². The van der Waals surface area contributed by atoms with Gasteiger partial charge >= 0.3 is 0 Å². The molecule has 2 amide bonds. The highest BCUT2D eigenvalue weighted by Gasteiger charge is 2.35. The number of hydrogen-bond donors (Lipinski definition) is 1. The SMILES string of the molecule is CN(C)CCCN=C[C@@H]1C(=O)NC(=S)N(C)C1=O. The second kappa shape index (κ2) is 6.55. The predicted molar refractivity (Wildman–Crippen MR) is 73.5 cm³/mol. The lowest BCUT2D eigenvalue weighted by Gasteiger charge is -2.27. The molecule has 0 aromatic carbocycles. The van der Waals surface area contributed by atoms with Crippen LogP contribution in [0.5, 0.6) is 0 Å². The minimum atomic E-state index is -0.860. The number of carbonyl (C=O) groups excluding carboxylic acids is 2. The lowest BCUT2D eigenvalue weighted by molar-refractivity contribution is -0.137. The van der Waals surface area contributed by atoms with Crippen molar-refractivity contribution in [1.82, 2.24) is 15.1 Å². The number of thiocarbonyl (C=S) groups is 1. The summed E-state index contributed by atoms with van der Waals surface area (Å²) in [6, 6.07) is 0. The quantitative estimate of drug-likeness (QED) is 0.316. The smallest absolute Gasteiger partial charge is 0.246 e. The Balaban J connectivity index is 2.50. The van der Waals surface area contributed by atoms with Gasteiger partial charge in [-0.25, -0.2) is 0 Å². The molecule has 0 aliphatic carbocycles. The predicted octanol–water partition coefficient (Wildman–Crippen LogP) is -0.502. The molecule has 0 radical (unpaired) electrons. The molecule has 1 aliphatic heterocycles. The van der Waals surface area contributed by atoms with Crippen molar-refractivity contribution in [3.63, 3.8) is 0 Å². The van der Waals surface area contributed by atoms with Crippen molar-refractivity contribution in [2.75, 3.05) is 34.2 Å². The van der Waals surface area contributed by atoms with Gasteiger partial charge < -0.3 is 10.2 Å². The summed E-state index contributed by atoms with van der Waals surface area (Å²) in [6.07, 6.45) is 2.30. The minimum Gasteiger partial charge on any atom is -0.309 e. The lowest BCUT2D eigenvalue weighted by atomic mass is 10.1. The summed E-state index contributed by atoms with van der Waals surface area (Å²) in [4.78, 5) is 30.8. The zero-order valence-electron chi connectivity index (χ0n) is 10.8. The molecule has 1 fully saturated rings. The van der Waals surface area contributed by atoms with Crippen molar-refractivity contribution in [3.05, 3.63) is 0 Å². The topological polar surface area (TPSA) is 65.0 Å². The maximum absolute atomic E-state index is 11.8. The number of nitrogens with zero attached hydrogens (tertiary/aromatic N) is 3. The third-order valence-corrected chi connectivity index (χ3v) is 2.94. The van der Waals surface area contributed by atoms with Crippen LogP contribution in [0, 0.1) is 5.92 Å². The summed E-state index contributed by atoms with van der Waals surface area (Å²) in [6.45, 7) is 1.52. The number of hydrogen-bond acceptors (Lipinski definition) is 5. The van der Waals surface area contributed by atoms with E-state index in [2.05, 4.69) is 15.2 Å². The molecule has 1 saturated heterocycles.